The van der Waals surface area contributed by atoms with Crippen LogP contribution in [0.15, 0.2) is 94.7 Å². The van der Waals surface area contributed by atoms with Crippen LogP contribution in [-0.2, 0) is 29.8 Å². The van der Waals surface area contributed by atoms with Gasteiger partial charge in [-0.3, -0.25) is 19.4 Å². The lowest BCUT2D eigenvalue weighted by Gasteiger charge is -2.30. The quantitative estimate of drug-likeness (QED) is 0.0401. The van der Waals surface area contributed by atoms with Crippen molar-refractivity contribution in [2.24, 2.45) is 5.92 Å². The third kappa shape index (κ3) is 16.3. The van der Waals surface area contributed by atoms with Gasteiger partial charge in [0.15, 0.2) is 10.3 Å². The van der Waals surface area contributed by atoms with Crippen molar-refractivity contribution in [3.63, 3.8) is 0 Å². The Balaban J connectivity index is 0.000000239. The molecule has 1 fully saturated rings. The Hall–Kier alpha value is -5.42. The molecule has 390 valence electrons. The third-order valence-corrected chi connectivity index (χ3v) is 16.3. The summed E-state index contributed by atoms with van der Waals surface area (Å²) in [5, 5.41) is 16.5. The zero-order chi connectivity index (χ0) is 52.2. The smallest absolute Gasteiger partial charge is 0.339 e. The van der Waals surface area contributed by atoms with Crippen molar-refractivity contribution in [1.82, 2.24) is 25.1 Å². The molecule has 21 heteroatoms. The summed E-state index contributed by atoms with van der Waals surface area (Å²) in [6, 6.07) is 24.6. The van der Waals surface area contributed by atoms with Crippen molar-refractivity contribution < 1.29 is 34.8 Å². The number of nitrogens with zero attached hydrogens (tertiary/aromatic N) is 4. The van der Waals surface area contributed by atoms with Gasteiger partial charge in [0.25, 0.3) is 0 Å². The van der Waals surface area contributed by atoms with Gasteiger partial charge in [-0.15, -0.1) is 0 Å². The van der Waals surface area contributed by atoms with Crippen molar-refractivity contribution in [3.05, 3.63) is 84.9 Å². The fourth-order valence-electron chi connectivity index (χ4n) is 8.40. The summed E-state index contributed by atoms with van der Waals surface area (Å²) in [6.07, 6.45) is 2.47. The van der Waals surface area contributed by atoms with E-state index < -0.39 is 20.2 Å². The average molecular weight is 1060 g/mol. The van der Waals surface area contributed by atoms with Gasteiger partial charge in [0.05, 0.1) is 20.4 Å². The monoisotopic (exact) mass is 1060 g/mol. The molecule has 2 aromatic heterocycles. The minimum Gasteiger partial charge on any atom is -0.384 e. The number of anilines is 4. The topological polar surface area (TPSA) is 213 Å². The number of amides is 2. The predicted molar refractivity (Wildman–Crippen MR) is 292 cm³/mol. The van der Waals surface area contributed by atoms with E-state index in [-0.39, 0.29) is 33.1 Å². The Morgan fingerprint density at radius 2 is 1.03 bits per heavy atom. The van der Waals surface area contributed by atoms with Crippen LogP contribution < -0.4 is 35.0 Å². The predicted octanol–water partition coefficient (Wildman–Crippen LogP) is 9.48. The largest absolute Gasteiger partial charge is 0.384 e. The number of benzene rings is 4. The Labute approximate surface area is 432 Å². The molecule has 6 aromatic rings. The molecule has 0 aliphatic carbocycles. The Kier molecular flexibility index (Phi) is 19.8. The van der Waals surface area contributed by atoms with Crippen LogP contribution >= 0.6 is 22.7 Å². The van der Waals surface area contributed by atoms with E-state index in [0.717, 1.165) is 68.2 Å². The summed E-state index contributed by atoms with van der Waals surface area (Å²) in [5.41, 5.74) is 3.02. The Bertz CT molecular complexity index is 2940. The van der Waals surface area contributed by atoms with Gasteiger partial charge in [0.2, 0.25) is 11.8 Å². The Morgan fingerprint density at radius 3 is 1.42 bits per heavy atom. The molecule has 17 nitrogen and oxygen atoms in total. The van der Waals surface area contributed by atoms with E-state index in [9.17, 15) is 26.4 Å². The van der Waals surface area contributed by atoms with E-state index >= 15 is 0 Å². The number of nitrogens with one attached hydrogen (secondary N) is 5. The molecule has 0 bridgehead atoms. The maximum Gasteiger partial charge on any atom is 0.339 e. The number of hydrogen-bond acceptors (Lipinski definition) is 17. The summed E-state index contributed by atoms with van der Waals surface area (Å²) in [5.74, 6) is 0.503. The van der Waals surface area contributed by atoms with Crippen molar-refractivity contribution in [2.45, 2.75) is 116 Å². The minimum atomic E-state index is -4.01. The molecule has 2 amide bonds. The van der Waals surface area contributed by atoms with Crippen molar-refractivity contribution in [3.8, 4) is 11.5 Å². The molecule has 3 heterocycles. The summed E-state index contributed by atoms with van der Waals surface area (Å²) in [6.45, 7) is 24.0. The van der Waals surface area contributed by atoms with E-state index in [2.05, 4.69) is 102 Å². The standard InChI is InChI=1S/C28H39N5O4S2.C23H30N4O4S2/c1-19(2)33(20(3)4)16-15-30-22-5-8-24(9-6-22)39(35,36)37-23-7-10-25-26(18-23)38-28(31-25)32-27(34)17-21-11-13-29-14-12-21;1-15(2)27(16(3)4)13-12-24-18-6-9-20(10-7-18)33(29,30)31-19-8-11-21-22(14-19)32-23(26-21)25-17(5)28/h5-10,18-21,29-30H,11-17H2,1-4H3,(H,31,32,34);6-11,14-16,24H,12-13H2,1-5H3,(H,25,26,28). The highest BCUT2D eigenvalue weighted by Crippen LogP contribution is 2.33. The first-order valence-corrected chi connectivity index (χ1v) is 28.8. The van der Waals surface area contributed by atoms with E-state index in [0.29, 0.717) is 62.5 Å². The summed E-state index contributed by atoms with van der Waals surface area (Å²) in [7, 11) is -8.00. The zero-order valence-electron chi connectivity index (χ0n) is 42.5. The number of carbonyl (C=O) groups excluding carboxylic acids is 2. The molecule has 0 spiro atoms. The number of thiazole rings is 2. The van der Waals surface area contributed by atoms with Crippen LogP contribution in [-0.4, -0.2) is 112 Å². The SMILES string of the molecule is CC(=O)Nc1nc2ccc(OS(=O)(=O)c3ccc(NCCN(C(C)C)C(C)C)cc3)cc2s1.CC(C)N(CCNc1ccc(S(=O)(=O)Oc2ccc3nc(NC(=O)CC4CCNCC4)sc3c2)cc1)C(C)C. The molecule has 5 N–H and O–H groups in total. The van der Waals surface area contributed by atoms with Crippen LogP contribution in [0.3, 0.4) is 0 Å². The molecule has 1 saturated heterocycles. The molecule has 4 aromatic carbocycles. The molecule has 0 saturated carbocycles. The van der Waals surface area contributed by atoms with Crippen LogP contribution in [0.2, 0.25) is 0 Å². The normalized spacial score (nSPS) is 13.5. The lowest BCUT2D eigenvalue weighted by Crippen LogP contribution is -2.40. The number of carbonyl (C=O) groups is 2. The first-order chi connectivity index (χ1) is 34.1. The summed E-state index contributed by atoms with van der Waals surface area (Å²) >= 11 is 2.54. The molecule has 0 radical (unpaired) electrons. The van der Waals surface area contributed by atoms with Gasteiger partial charge < -0.3 is 35.0 Å². The molecule has 72 heavy (non-hydrogen) atoms. The molecule has 1 aliphatic heterocycles. The second-order valence-corrected chi connectivity index (χ2v) is 23.9. The lowest BCUT2D eigenvalue weighted by atomic mass is 9.94. The number of hydrogen-bond donors (Lipinski definition) is 5. The molecule has 0 atom stereocenters. The highest BCUT2D eigenvalue weighted by atomic mass is 32.2. The molecule has 1 aliphatic rings. The number of rotatable bonds is 22. The fourth-order valence-corrected chi connectivity index (χ4v) is 12.1. The van der Waals surface area contributed by atoms with E-state index in [1.54, 1.807) is 72.8 Å². The van der Waals surface area contributed by atoms with Crippen LogP contribution in [0.4, 0.5) is 21.6 Å². The van der Waals surface area contributed by atoms with Crippen molar-refractivity contribution in [1.29, 1.82) is 0 Å². The van der Waals surface area contributed by atoms with Crippen LogP contribution in [0, 0.1) is 5.92 Å². The van der Waals surface area contributed by atoms with Gasteiger partial charge >= 0.3 is 20.2 Å². The van der Waals surface area contributed by atoms with Gasteiger partial charge in [-0.05, 0) is 160 Å². The highest BCUT2D eigenvalue weighted by molar-refractivity contribution is 7.87. The number of aromatic nitrogens is 2. The van der Waals surface area contributed by atoms with Gasteiger partial charge in [0.1, 0.15) is 21.3 Å². The van der Waals surface area contributed by atoms with E-state index in [4.69, 9.17) is 8.37 Å². The zero-order valence-corrected chi connectivity index (χ0v) is 45.8. The molecular formula is C51H69N9O8S4. The van der Waals surface area contributed by atoms with Gasteiger partial charge in [0, 0.05) is 87.2 Å². The number of fused-ring (bicyclic) bond motifs is 2. The number of piperidine rings is 1. The maximum absolute atomic E-state index is 12.9. The second-order valence-electron chi connectivity index (χ2n) is 18.8. The summed E-state index contributed by atoms with van der Waals surface area (Å²) < 4.78 is 63.5. The van der Waals surface area contributed by atoms with Crippen molar-refractivity contribution >= 4 is 96.8 Å². The van der Waals surface area contributed by atoms with Gasteiger partial charge in [-0.2, -0.15) is 16.8 Å². The lowest BCUT2D eigenvalue weighted by molar-refractivity contribution is -0.117. The maximum atomic E-state index is 12.9. The van der Waals surface area contributed by atoms with E-state index in [1.165, 1.54) is 41.7 Å². The van der Waals surface area contributed by atoms with Crippen molar-refractivity contribution in [2.75, 3.05) is 60.5 Å². The van der Waals surface area contributed by atoms with Crippen LogP contribution in [0.5, 0.6) is 11.5 Å². The highest BCUT2D eigenvalue weighted by Gasteiger charge is 2.22. The Morgan fingerprint density at radius 1 is 0.625 bits per heavy atom. The van der Waals surface area contributed by atoms with Gasteiger partial charge in [-0.25, -0.2) is 9.97 Å². The first-order valence-electron chi connectivity index (χ1n) is 24.3. The minimum absolute atomic E-state index is 0.0462. The summed E-state index contributed by atoms with van der Waals surface area (Å²) in [4.78, 5) is 37.4. The van der Waals surface area contributed by atoms with Gasteiger partial charge in [-0.1, -0.05) is 22.7 Å². The fraction of sp³-hybridized carbons (Fsp3) is 0.451. The average Bonchev–Trinajstić information content (AvgIpc) is 3.91. The second kappa shape index (κ2) is 25.5. The molecule has 7 rings (SSSR count). The van der Waals surface area contributed by atoms with Crippen LogP contribution in [0.25, 0.3) is 20.4 Å². The first kappa shape index (κ1) is 55.9. The van der Waals surface area contributed by atoms with Crippen LogP contribution in [0.1, 0.15) is 81.6 Å². The third-order valence-electron chi connectivity index (χ3n) is 11.9. The van der Waals surface area contributed by atoms with E-state index in [1.807, 2.05) is 0 Å². The molecule has 0 unspecified atom stereocenters. The molecular weight excluding hydrogens is 995 g/mol.